The second-order valence-corrected chi connectivity index (χ2v) is 8.67. The fourth-order valence-electron chi connectivity index (χ4n) is 3.65. The molecule has 1 saturated heterocycles. The van der Waals surface area contributed by atoms with E-state index in [0.717, 1.165) is 35.7 Å². The summed E-state index contributed by atoms with van der Waals surface area (Å²) in [5.41, 5.74) is 1.97. The minimum atomic E-state index is -0.479. The van der Waals surface area contributed by atoms with Crippen LogP contribution in [0.15, 0.2) is 36.8 Å². The van der Waals surface area contributed by atoms with Gasteiger partial charge in [0.1, 0.15) is 17.2 Å². The van der Waals surface area contributed by atoms with E-state index in [9.17, 15) is 4.79 Å². The van der Waals surface area contributed by atoms with Crippen molar-refractivity contribution < 1.29 is 14.3 Å². The van der Waals surface area contributed by atoms with Crippen LogP contribution in [0.2, 0.25) is 0 Å². The molecule has 1 atom stereocenters. The maximum Gasteiger partial charge on any atom is 0.410 e. The average molecular weight is 425 g/mol. The monoisotopic (exact) mass is 424 g/mol. The van der Waals surface area contributed by atoms with Crippen molar-refractivity contribution in [2.24, 2.45) is 5.92 Å². The summed E-state index contributed by atoms with van der Waals surface area (Å²) in [6.07, 6.45) is 5.85. The predicted molar refractivity (Wildman–Crippen MR) is 117 cm³/mol. The van der Waals surface area contributed by atoms with Crippen LogP contribution >= 0.6 is 0 Å². The fourth-order valence-corrected chi connectivity index (χ4v) is 3.65. The summed E-state index contributed by atoms with van der Waals surface area (Å²) in [6.45, 7) is 7.76. The quantitative estimate of drug-likeness (QED) is 0.670. The number of ether oxygens (including phenoxy) is 2. The van der Waals surface area contributed by atoms with Crippen molar-refractivity contribution >= 4 is 17.6 Å². The Balaban J connectivity index is 1.44. The number of hydrogen-bond acceptors (Lipinski definition) is 7. The number of methoxy groups -OCH3 is 1. The molecule has 1 aliphatic rings. The highest BCUT2D eigenvalue weighted by molar-refractivity contribution is 5.69. The van der Waals surface area contributed by atoms with Gasteiger partial charge in [0.25, 0.3) is 0 Å². The Labute approximate surface area is 181 Å². The standard InChI is InChI=1S/C22H28N6O3/c1-22(2,3)31-21(29)27-10-8-15(14-27)11-24-19-5-6-20-25-12-17(28(20)26-19)16-7-9-23-13-18(16)30-4/h5-7,9,12-13,15H,8,10-11,14H2,1-4H3,(H,24,26). The number of anilines is 1. The summed E-state index contributed by atoms with van der Waals surface area (Å²) in [7, 11) is 1.62. The zero-order valence-electron chi connectivity index (χ0n) is 18.3. The first-order chi connectivity index (χ1) is 14.8. The van der Waals surface area contributed by atoms with Gasteiger partial charge in [-0.05, 0) is 51.3 Å². The highest BCUT2D eigenvalue weighted by Gasteiger charge is 2.29. The van der Waals surface area contributed by atoms with Gasteiger partial charge in [-0.25, -0.2) is 14.3 Å². The smallest absolute Gasteiger partial charge is 0.410 e. The summed E-state index contributed by atoms with van der Waals surface area (Å²) in [5, 5.41) is 8.11. The molecule has 164 valence electrons. The van der Waals surface area contributed by atoms with E-state index in [1.807, 2.05) is 39.0 Å². The van der Waals surface area contributed by atoms with Crippen molar-refractivity contribution in [2.75, 3.05) is 32.1 Å². The van der Waals surface area contributed by atoms with Crippen molar-refractivity contribution in [3.05, 3.63) is 36.8 Å². The Morgan fingerprint density at radius 2 is 2.10 bits per heavy atom. The molecule has 0 radical (unpaired) electrons. The number of pyridine rings is 1. The summed E-state index contributed by atoms with van der Waals surface area (Å²) in [6, 6.07) is 5.72. The lowest BCUT2D eigenvalue weighted by Gasteiger charge is -2.24. The van der Waals surface area contributed by atoms with E-state index in [-0.39, 0.29) is 6.09 Å². The summed E-state index contributed by atoms with van der Waals surface area (Å²) in [5.74, 6) is 1.75. The second-order valence-electron chi connectivity index (χ2n) is 8.67. The molecule has 0 saturated carbocycles. The predicted octanol–water partition coefficient (Wildman–Crippen LogP) is 3.47. The second kappa shape index (κ2) is 8.41. The fraction of sp³-hybridized carbons (Fsp3) is 0.455. The number of likely N-dealkylation sites (tertiary alicyclic amines) is 1. The number of fused-ring (bicyclic) bond motifs is 1. The normalized spacial score (nSPS) is 16.5. The van der Waals surface area contributed by atoms with Gasteiger partial charge in [-0.2, -0.15) is 0 Å². The molecule has 0 spiro atoms. The van der Waals surface area contributed by atoms with Gasteiger partial charge in [-0.15, -0.1) is 5.10 Å². The topological polar surface area (TPSA) is 93.9 Å². The minimum absolute atomic E-state index is 0.246. The van der Waals surface area contributed by atoms with Crippen molar-refractivity contribution in [1.82, 2.24) is 24.5 Å². The van der Waals surface area contributed by atoms with E-state index in [1.54, 1.807) is 35.1 Å². The van der Waals surface area contributed by atoms with Gasteiger partial charge in [-0.3, -0.25) is 4.98 Å². The number of amides is 1. The molecule has 1 amide bonds. The van der Waals surface area contributed by atoms with Gasteiger partial charge in [0.2, 0.25) is 0 Å². The Morgan fingerprint density at radius 1 is 1.26 bits per heavy atom. The van der Waals surface area contributed by atoms with E-state index in [1.165, 1.54) is 0 Å². The largest absolute Gasteiger partial charge is 0.494 e. The van der Waals surface area contributed by atoms with Crippen LogP contribution < -0.4 is 10.1 Å². The van der Waals surface area contributed by atoms with Crippen molar-refractivity contribution in [3.63, 3.8) is 0 Å². The van der Waals surface area contributed by atoms with Crippen LogP contribution in [0.3, 0.4) is 0 Å². The average Bonchev–Trinajstić information content (AvgIpc) is 3.38. The molecule has 0 bridgehead atoms. The molecule has 1 N–H and O–H groups in total. The molecule has 1 aliphatic heterocycles. The molecule has 31 heavy (non-hydrogen) atoms. The third kappa shape index (κ3) is 4.70. The van der Waals surface area contributed by atoms with E-state index in [4.69, 9.17) is 14.6 Å². The molecule has 3 aromatic heterocycles. The van der Waals surface area contributed by atoms with Crippen LogP contribution in [0.1, 0.15) is 27.2 Å². The zero-order valence-corrected chi connectivity index (χ0v) is 18.3. The van der Waals surface area contributed by atoms with Gasteiger partial charge in [0, 0.05) is 31.4 Å². The van der Waals surface area contributed by atoms with Crippen LogP contribution in [0.25, 0.3) is 16.9 Å². The number of imidazole rings is 1. The Morgan fingerprint density at radius 3 is 2.87 bits per heavy atom. The lowest BCUT2D eigenvalue weighted by atomic mass is 10.1. The molecule has 1 unspecified atom stereocenters. The lowest BCUT2D eigenvalue weighted by molar-refractivity contribution is 0.0289. The first-order valence-corrected chi connectivity index (χ1v) is 10.4. The molecule has 4 rings (SSSR count). The van der Waals surface area contributed by atoms with Gasteiger partial charge < -0.3 is 19.7 Å². The number of rotatable bonds is 5. The van der Waals surface area contributed by atoms with Crippen LogP contribution in [0.5, 0.6) is 5.75 Å². The SMILES string of the molecule is COc1cnccc1-c1cnc2ccc(NCC3CCN(C(=O)OC(C)(C)C)C3)nn12. The zero-order chi connectivity index (χ0) is 22.0. The van der Waals surface area contributed by atoms with Crippen molar-refractivity contribution in [1.29, 1.82) is 0 Å². The summed E-state index contributed by atoms with van der Waals surface area (Å²) in [4.78, 5) is 22.6. The molecular weight excluding hydrogens is 396 g/mol. The van der Waals surface area contributed by atoms with E-state index < -0.39 is 5.60 Å². The first kappa shape index (κ1) is 20.9. The molecule has 9 nitrogen and oxygen atoms in total. The molecule has 9 heteroatoms. The lowest BCUT2D eigenvalue weighted by Crippen LogP contribution is -2.35. The third-order valence-electron chi connectivity index (χ3n) is 5.15. The van der Waals surface area contributed by atoms with Gasteiger partial charge in [-0.1, -0.05) is 0 Å². The molecule has 0 aromatic carbocycles. The van der Waals surface area contributed by atoms with Crippen molar-refractivity contribution in [3.8, 4) is 17.0 Å². The van der Waals surface area contributed by atoms with E-state index in [0.29, 0.717) is 24.8 Å². The van der Waals surface area contributed by atoms with Gasteiger partial charge >= 0.3 is 6.09 Å². The van der Waals surface area contributed by atoms with E-state index in [2.05, 4.69) is 15.3 Å². The third-order valence-corrected chi connectivity index (χ3v) is 5.15. The van der Waals surface area contributed by atoms with Crippen LogP contribution in [-0.2, 0) is 4.74 Å². The van der Waals surface area contributed by atoms with Crippen LogP contribution in [-0.4, -0.2) is 62.9 Å². The number of carbonyl (C=O) groups is 1. The Kier molecular flexibility index (Phi) is 5.67. The number of nitrogens with zero attached hydrogens (tertiary/aromatic N) is 5. The first-order valence-electron chi connectivity index (χ1n) is 10.4. The van der Waals surface area contributed by atoms with Crippen LogP contribution in [0, 0.1) is 5.92 Å². The van der Waals surface area contributed by atoms with Crippen LogP contribution in [0.4, 0.5) is 10.6 Å². The number of aromatic nitrogens is 4. The highest BCUT2D eigenvalue weighted by atomic mass is 16.6. The maximum absolute atomic E-state index is 12.3. The molecule has 0 aliphatic carbocycles. The molecular formula is C22H28N6O3. The van der Waals surface area contributed by atoms with Gasteiger partial charge in [0.15, 0.2) is 5.65 Å². The number of nitrogens with one attached hydrogen (secondary N) is 1. The Bertz CT molecular complexity index is 1070. The number of carbonyl (C=O) groups excluding carboxylic acids is 1. The maximum atomic E-state index is 12.3. The van der Waals surface area contributed by atoms with Gasteiger partial charge in [0.05, 0.1) is 25.2 Å². The van der Waals surface area contributed by atoms with E-state index >= 15 is 0 Å². The molecule has 1 fully saturated rings. The Hall–Kier alpha value is -3.36. The molecule has 3 aromatic rings. The molecule has 4 heterocycles. The van der Waals surface area contributed by atoms with Crippen molar-refractivity contribution in [2.45, 2.75) is 32.8 Å². The summed E-state index contributed by atoms with van der Waals surface area (Å²) < 4.78 is 12.7. The number of hydrogen-bond donors (Lipinski definition) is 1. The highest BCUT2D eigenvalue weighted by Crippen LogP contribution is 2.29. The summed E-state index contributed by atoms with van der Waals surface area (Å²) >= 11 is 0. The minimum Gasteiger partial charge on any atom is -0.494 e.